The molecule has 3 nitrogen and oxygen atoms in total. The van der Waals surface area contributed by atoms with Crippen LogP contribution in [0.25, 0.3) is 0 Å². The van der Waals surface area contributed by atoms with Crippen molar-refractivity contribution in [2.45, 2.75) is 51.7 Å². The standard InChI is InChI=1S/C16H23NO2/c1-3-19-15-10-14(16(15)7-4-8-16)17-12-5-6-13(18)11(2)9-12/h5-6,9,14-15,17-18H,3-4,7-8,10H2,1-2H3. The largest absolute Gasteiger partial charge is 0.508 e. The number of aromatic hydroxyl groups is 1. The van der Waals surface area contributed by atoms with Gasteiger partial charge in [0.2, 0.25) is 0 Å². The maximum atomic E-state index is 9.57. The highest BCUT2D eigenvalue weighted by Crippen LogP contribution is 2.58. The first-order valence-electron chi connectivity index (χ1n) is 7.33. The molecule has 2 unspecified atom stereocenters. The van der Waals surface area contributed by atoms with E-state index in [0.29, 0.717) is 23.3 Å². The number of aryl methyl sites for hydroxylation is 1. The molecular weight excluding hydrogens is 238 g/mol. The zero-order valence-corrected chi connectivity index (χ0v) is 11.8. The lowest BCUT2D eigenvalue weighted by molar-refractivity contribution is -0.157. The van der Waals surface area contributed by atoms with Crippen molar-refractivity contribution in [2.24, 2.45) is 5.41 Å². The molecule has 19 heavy (non-hydrogen) atoms. The van der Waals surface area contributed by atoms with Crippen LogP contribution in [0.3, 0.4) is 0 Å². The average molecular weight is 261 g/mol. The first kappa shape index (κ1) is 12.8. The Morgan fingerprint density at radius 2 is 2.21 bits per heavy atom. The van der Waals surface area contributed by atoms with Crippen LogP contribution in [0.5, 0.6) is 5.75 Å². The van der Waals surface area contributed by atoms with E-state index in [1.807, 2.05) is 19.1 Å². The average Bonchev–Trinajstić information content (AvgIpc) is 2.30. The number of nitrogens with one attached hydrogen (secondary N) is 1. The van der Waals surface area contributed by atoms with Gasteiger partial charge in [-0.15, -0.1) is 0 Å². The van der Waals surface area contributed by atoms with Crippen LogP contribution < -0.4 is 5.32 Å². The minimum absolute atomic E-state index is 0.365. The molecule has 0 aliphatic heterocycles. The van der Waals surface area contributed by atoms with Crippen LogP contribution in [-0.4, -0.2) is 23.9 Å². The maximum Gasteiger partial charge on any atom is 0.118 e. The Labute approximate surface area is 115 Å². The quantitative estimate of drug-likeness (QED) is 0.816. The third-order valence-corrected chi connectivity index (χ3v) is 4.97. The Morgan fingerprint density at radius 3 is 2.79 bits per heavy atom. The summed E-state index contributed by atoms with van der Waals surface area (Å²) in [6, 6.07) is 6.28. The number of rotatable bonds is 4. The van der Waals surface area contributed by atoms with E-state index in [-0.39, 0.29) is 0 Å². The molecular formula is C16H23NO2. The van der Waals surface area contributed by atoms with Crippen molar-refractivity contribution in [1.29, 1.82) is 0 Å². The van der Waals surface area contributed by atoms with Gasteiger partial charge < -0.3 is 15.2 Å². The van der Waals surface area contributed by atoms with Crippen molar-refractivity contribution in [1.82, 2.24) is 0 Å². The summed E-state index contributed by atoms with van der Waals surface area (Å²) in [7, 11) is 0. The van der Waals surface area contributed by atoms with E-state index in [1.165, 1.54) is 19.3 Å². The summed E-state index contributed by atoms with van der Waals surface area (Å²) in [5, 5.41) is 13.2. The summed E-state index contributed by atoms with van der Waals surface area (Å²) in [6.45, 7) is 4.83. The van der Waals surface area contributed by atoms with Gasteiger partial charge in [-0.3, -0.25) is 0 Å². The molecule has 0 aromatic heterocycles. The predicted octanol–water partition coefficient (Wildman–Crippen LogP) is 3.46. The summed E-state index contributed by atoms with van der Waals surface area (Å²) < 4.78 is 5.87. The second kappa shape index (κ2) is 4.71. The first-order valence-corrected chi connectivity index (χ1v) is 7.33. The lowest BCUT2D eigenvalue weighted by Crippen LogP contribution is -2.64. The fourth-order valence-corrected chi connectivity index (χ4v) is 3.59. The molecule has 0 bridgehead atoms. The fourth-order valence-electron chi connectivity index (χ4n) is 3.59. The molecule has 0 amide bonds. The van der Waals surface area contributed by atoms with E-state index in [2.05, 4.69) is 12.2 Å². The van der Waals surface area contributed by atoms with Gasteiger partial charge in [-0.05, 0) is 56.9 Å². The Balaban J connectivity index is 1.69. The number of phenols is 1. The molecule has 0 radical (unpaired) electrons. The van der Waals surface area contributed by atoms with E-state index in [9.17, 15) is 5.11 Å². The van der Waals surface area contributed by atoms with Gasteiger partial charge in [0.15, 0.2) is 0 Å². The number of phenolic OH excluding ortho intramolecular Hbond substituents is 1. The molecule has 1 spiro atoms. The molecule has 104 valence electrons. The SMILES string of the molecule is CCOC1CC(Nc2ccc(O)c(C)c2)C12CCC2. The van der Waals surface area contributed by atoms with Crippen LogP contribution in [0.4, 0.5) is 5.69 Å². The lowest BCUT2D eigenvalue weighted by atomic mass is 9.51. The second-order valence-electron chi connectivity index (χ2n) is 5.96. The van der Waals surface area contributed by atoms with Crippen LogP contribution in [-0.2, 0) is 4.74 Å². The molecule has 2 saturated carbocycles. The smallest absolute Gasteiger partial charge is 0.118 e. The normalized spacial score (nSPS) is 27.7. The van der Waals surface area contributed by atoms with Crippen LogP contribution in [0.1, 0.15) is 38.2 Å². The highest BCUT2D eigenvalue weighted by molar-refractivity contribution is 5.52. The zero-order valence-electron chi connectivity index (χ0n) is 11.8. The van der Waals surface area contributed by atoms with Gasteiger partial charge in [-0.2, -0.15) is 0 Å². The van der Waals surface area contributed by atoms with Gasteiger partial charge in [0.05, 0.1) is 6.10 Å². The molecule has 3 heteroatoms. The molecule has 2 atom stereocenters. The van der Waals surface area contributed by atoms with Gasteiger partial charge >= 0.3 is 0 Å². The highest BCUT2D eigenvalue weighted by Gasteiger charge is 2.58. The Kier molecular flexibility index (Phi) is 3.17. The summed E-state index contributed by atoms with van der Waals surface area (Å²) in [6.07, 6.45) is 5.45. The Morgan fingerprint density at radius 1 is 1.42 bits per heavy atom. The van der Waals surface area contributed by atoms with Crippen molar-refractivity contribution >= 4 is 5.69 Å². The Hall–Kier alpha value is -1.22. The number of hydrogen-bond donors (Lipinski definition) is 2. The molecule has 3 rings (SSSR count). The minimum Gasteiger partial charge on any atom is -0.508 e. The number of anilines is 1. The predicted molar refractivity (Wildman–Crippen MR) is 76.6 cm³/mol. The molecule has 2 N–H and O–H groups in total. The topological polar surface area (TPSA) is 41.5 Å². The van der Waals surface area contributed by atoms with Gasteiger partial charge in [0.1, 0.15) is 5.75 Å². The molecule has 2 aliphatic rings. The second-order valence-corrected chi connectivity index (χ2v) is 5.96. The number of ether oxygens (including phenoxy) is 1. The number of hydrogen-bond acceptors (Lipinski definition) is 3. The molecule has 1 aromatic carbocycles. The van der Waals surface area contributed by atoms with Gasteiger partial charge in [-0.25, -0.2) is 0 Å². The van der Waals surface area contributed by atoms with E-state index in [0.717, 1.165) is 24.3 Å². The van der Waals surface area contributed by atoms with Crippen molar-refractivity contribution in [3.05, 3.63) is 23.8 Å². The van der Waals surface area contributed by atoms with Crippen LogP contribution in [0.15, 0.2) is 18.2 Å². The van der Waals surface area contributed by atoms with Crippen molar-refractivity contribution in [3.63, 3.8) is 0 Å². The van der Waals surface area contributed by atoms with E-state index in [4.69, 9.17) is 4.74 Å². The minimum atomic E-state index is 0.365. The first-order chi connectivity index (χ1) is 9.15. The van der Waals surface area contributed by atoms with Crippen LogP contribution in [0.2, 0.25) is 0 Å². The molecule has 0 heterocycles. The summed E-state index contributed by atoms with van der Waals surface area (Å²) in [5.74, 6) is 0.365. The molecule has 2 aliphatic carbocycles. The van der Waals surface area contributed by atoms with Crippen molar-refractivity contribution in [2.75, 3.05) is 11.9 Å². The van der Waals surface area contributed by atoms with Gasteiger partial charge in [0, 0.05) is 23.8 Å². The highest BCUT2D eigenvalue weighted by atomic mass is 16.5. The summed E-state index contributed by atoms with van der Waals surface area (Å²) in [4.78, 5) is 0. The van der Waals surface area contributed by atoms with Gasteiger partial charge in [0.25, 0.3) is 0 Å². The van der Waals surface area contributed by atoms with Gasteiger partial charge in [-0.1, -0.05) is 6.42 Å². The lowest BCUT2D eigenvalue weighted by Gasteiger charge is -2.61. The van der Waals surface area contributed by atoms with E-state index in [1.54, 1.807) is 6.07 Å². The summed E-state index contributed by atoms with van der Waals surface area (Å²) in [5.41, 5.74) is 2.41. The van der Waals surface area contributed by atoms with Crippen LogP contribution >= 0.6 is 0 Å². The van der Waals surface area contributed by atoms with Crippen LogP contribution in [0, 0.1) is 12.3 Å². The molecule has 2 fully saturated rings. The molecule has 1 aromatic rings. The fraction of sp³-hybridized carbons (Fsp3) is 0.625. The number of benzene rings is 1. The van der Waals surface area contributed by atoms with Crippen molar-refractivity contribution in [3.8, 4) is 5.75 Å². The molecule has 0 saturated heterocycles. The van der Waals surface area contributed by atoms with E-state index >= 15 is 0 Å². The third-order valence-electron chi connectivity index (χ3n) is 4.97. The zero-order chi connectivity index (χ0) is 13.5. The summed E-state index contributed by atoms with van der Waals surface area (Å²) >= 11 is 0. The van der Waals surface area contributed by atoms with Crippen molar-refractivity contribution < 1.29 is 9.84 Å². The Bertz CT molecular complexity index is 468. The third kappa shape index (κ3) is 2.00. The maximum absolute atomic E-state index is 9.57. The van der Waals surface area contributed by atoms with E-state index < -0.39 is 0 Å². The monoisotopic (exact) mass is 261 g/mol.